The van der Waals surface area contributed by atoms with E-state index in [1.807, 2.05) is 21.9 Å². The third-order valence-electron chi connectivity index (χ3n) is 7.03. The minimum atomic E-state index is 0.0507. The molecule has 3 aliphatic rings. The van der Waals surface area contributed by atoms with E-state index in [2.05, 4.69) is 4.90 Å². The molecule has 2 amide bonds. The van der Waals surface area contributed by atoms with E-state index in [0.717, 1.165) is 45.1 Å². The number of carbonyl (C=O) groups is 2. The summed E-state index contributed by atoms with van der Waals surface area (Å²) in [4.78, 5) is 30.9. The first-order valence-electron chi connectivity index (χ1n) is 11.7. The van der Waals surface area contributed by atoms with Gasteiger partial charge < -0.3 is 19.3 Å². The Bertz CT molecular complexity index is 777. The van der Waals surface area contributed by atoms with Crippen molar-refractivity contribution in [1.29, 1.82) is 0 Å². The molecule has 0 unspecified atom stereocenters. The predicted octanol–water partition coefficient (Wildman–Crippen LogP) is 2.79. The minimum Gasteiger partial charge on any atom is -0.493 e. The number of amides is 2. The van der Waals surface area contributed by atoms with Gasteiger partial charge in [0.05, 0.1) is 7.11 Å². The minimum absolute atomic E-state index is 0.0507. The summed E-state index contributed by atoms with van der Waals surface area (Å²) in [5.41, 5.74) is 0.643. The zero-order valence-corrected chi connectivity index (χ0v) is 18.8. The van der Waals surface area contributed by atoms with Crippen LogP contribution in [0.2, 0.25) is 0 Å². The maximum absolute atomic E-state index is 13.1. The van der Waals surface area contributed by atoms with Crippen molar-refractivity contribution in [3.8, 4) is 11.5 Å². The Morgan fingerprint density at radius 3 is 2.16 bits per heavy atom. The number of carbonyl (C=O) groups excluding carboxylic acids is 2. The van der Waals surface area contributed by atoms with Crippen molar-refractivity contribution in [2.75, 3.05) is 46.4 Å². The third kappa shape index (κ3) is 5.14. The van der Waals surface area contributed by atoms with E-state index < -0.39 is 0 Å². The van der Waals surface area contributed by atoms with Crippen LogP contribution in [-0.4, -0.2) is 85.0 Å². The Hall–Kier alpha value is -2.28. The van der Waals surface area contributed by atoms with Gasteiger partial charge in [-0.1, -0.05) is 12.8 Å². The average Bonchev–Trinajstić information content (AvgIpc) is 3.34. The molecule has 0 atom stereocenters. The van der Waals surface area contributed by atoms with Gasteiger partial charge in [0.15, 0.2) is 11.5 Å². The zero-order chi connectivity index (χ0) is 21.8. The summed E-state index contributed by atoms with van der Waals surface area (Å²) in [6.45, 7) is 6.53. The Kier molecular flexibility index (Phi) is 7.00. The molecule has 31 heavy (non-hydrogen) atoms. The van der Waals surface area contributed by atoms with Crippen LogP contribution in [0.25, 0.3) is 0 Å². The summed E-state index contributed by atoms with van der Waals surface area (Å²) < 4.78 is 11.7. The highest BCUT2D eigenvalue weighted by atomic mass is 16.5. The fourth-order valence-corrected chi connectivity index (χ4v) is 5.11. The van der Waals surface area contributed by atoms with E-state index in [9.17, 15) is 9.59 Å². The fourth-order valence-electron chi connectivity index (χ4n) is 5.11. The number of ether oxygens (including phenoxy) is 2. The summed E-state index contributed by atoms with van der Waals surface area (Å²) in [5.74, 6) is 1.42. The van der Waals surface area contributed by atoms with Crippen LogP contribution in [0.4, 0.5) is 0 Å². The van der Waals surface area contributed by atoms with Crippen molar-refractivity contribution in [3.05, 3.63) is 23.8 Å². The van der Waals surface area contributed by atoms with Crippen LogP contribution >= 0.6 is 0 Å². The number of benzene rings is 1. The molecule has 0 N–H and O–H groups in total. The normalized spacial score (nSPS) is 21.4. The zero-order valence-electron chi connectivity index (χ0n) is 18.8. The average molecular weight is 430 g/mol. The van der Waals surface area contributed by atoms with Gasteiger partial charge in [-0.2, -0.15) is 0 Å². The van der Waals surface area contributed by atoms with Gasteiger partial charge in [0, 0.05) is 70.6 Å². The molecule has 0 spiro atoms. The second-order valence-corrected chi connectivity index (χ2v) is 8.96. The highest BCUT2D eigenvalue weighted by Gasteiger charge is 2.29. The number of likely N-dealkylation sites (tertiary alicyclic amines) is 1. The summed E-state index contributed by atoms with van der Waals surface area (Å²) >= 11 is 0. The largest absolute Gasteiger partial charge is 0.493 e. The summed E-state index contributed by atoms with van der Waals surface area (Å²) in [6, 6.07) is 6.20. The molecule has 2 aliphatic heterocycles. The Morgan fingerprint density at radius 2 is 1.55 bits per heavy atom. The standard InChI is InChI=1S/C24H35N3O4/c1-18(28)25-11-9-21(10-12-25)31-22-8-7-19(17-23(22)30-2)24(29)27-15-13-26(14-16-27)20-5-3-4-6-20/h7-8,17,20-21H,3-6,9-16H2,1-2H3. The third-order valence-corrected chi connectivity index (χ3v) is 7.03. The molecule has 0 aromatic heterocycles. The maximum atomic E-state index is 13.1. The molecule has 0 radical (unpaired) electrons. The molecule has 2 saturated heterocycles. The molecule has 1 aromatic rings. The van der Waals surface area contributed by atoms with Gasteiger partial charge in [-0.25, -0.2) is 0 Å². The first-order chi connectivity index (χ1) is 15.0. The molecule has 1 aliphatic carbocycles. The molecule has 0 bridgehead atoms. The van der Waals surface area contributed by atoms with E-state index in [4.69, 9.17) is 9.47 Å². The molecule has 1 aromatic carbocycles. The van der Waals surface area contributed by atoms with Crippen molar-refractivity contribution >= 4 is 11.8 Å². The number of piperazine rings is 1. The number of hydrogen-bond donors (Lipinski definition) is 0. The van der Waals surface area contributed by atoms with Gasteiger partial charge in [0.2, 0.25) is 5.91 Å². The van der Waals surface area contributed by atoms with Crippen molar-refractivity contribution in [3.63, 3.8) is 0 Å². The van der Waals surface area contributed by atoms with Crippen LogP contribution in [0, 0.1) is 0 Å². The Morgan fingerprint density at radius 1 is 0.871 bits per heavy atom. The van der Waals surface area contributed by atoms with Crippen molar-refractivity contribution in [1.82, 2.24) is 14.7 Å². The quantitative estimate of drug-likeness (QED) is 0.720. The van der Waals surface area contributed by atoms with E-state index >= 15 is 0 Å². The first kappa shape index (κ1) is 21.9. The van der Waals surface area contributed by atoms with Crippen LogP contribution in [-0.2, 0) is 4.79 Å². The molecule has 2 heterocycles. The SMILES string of the molecule is COc1cc(C(=O)N2CCN(C3CCCC3)CC2)ccc1OC1CCN(C(C)=O)CC1. The molecular formula is C24H35N3O4. The summed E-state index contributed by atoms with van der Waals surface area (Å²) in [5, 5.41) is 0. The summed E-state index contributed by atoms with van der Waals surface area (Å²) in [7, 11) is 1.61. The molecule has 3 fully saturated rings. The lowest BCUT2D eigenvalue weighted by atomic mass is 10.1. The van der Waals surface area contributed by atoms with Crippen LogP contribution in [0.5, 0.6) is 11.5 Å². The molecular weight excluding hydrogens is 394 g/mol. The number of hydrogen-bond acceptors (Lipinski definition) is 5. The van der Waals surface area contributed by atoms with Gasteiger partial charge in [-0.3, -0.25) is 14.5 Å². The van der Waals surface area contributed by atoms with Gasteiger partial charge in [0.25, 0.3) is 5.91 Å². The smallest absolute Gasteiger partial charge is 0.254 e. The second kappa shape index (κ2) is 9.90. The van der Waals surface area contributed by atoms with Crippen LogP contribution < -0.4 is 9.47 Å². The van der Waals surface area contributed by atoms with E-state index in [1.54, 1.807) is 20.1 Å². The predicted molar refractivity (Wildman–Crippen MR) is 119 cm³/mol. The fraction of sp³-hybridized carbons (Fsp3) is 0.667. The number of nitrogens with zero attached hydrogens (tertiary/aromatic N) is 3. The van der Waals surface area contributed by atoms with Crippen molar-refractivity contribution < 1.29 is 19.1 Å². The van der Waals surface area contributed by atoms with Crippen LogP contribution in [0.3, 0.4) is 0 Å². The monoisotopic (exact) mass is 429 g/mol. The molecule has 7 heteroatoms. The van der Waals surface area contributed by atoms with Crippen LogP contribution in [0.1, 0.15) is 55.8 Å². The van der Waals surface area contributed by atoms with E-state index in [1.165, 1.54) is 25.7 Å². The first-order valence-corrected chi connectivity index (χ1v) is 11.7. The maximum Gasteiger partial charge on any atom is 0.254 e. The van der Waals surface area contributed by atoms with E-state index in [0.29, 0.717) is 30.2 Å². The van der Waals surface area contributed by atoms with Crippen molar-refractivity contribution in [2.24, 2.45) is 0 Å². The highest BCUT2D eigenvalue weighted by Crippen LogP contribution is 2.31. The van der Waals surface area contributed by atoms with Gasteiger partial charge in [0.1, 0.15) is 6.10 Å². The highest BCUT2D eigenvalue weighted by molar-refractivity contribution is 5.95. The summed E-state index contributed by atoms with van der Waals surface area (Å²) in [6.07, 6.45) is 6.95. The van der Waals surface area contributed by atoms with Gasteiger partial charge in [-0.15, -0.1) is 0 Å². The second-order valence-electron chi connectivity index (χ2n) is 8.96. The molecule has 170 valence electrons. The molecule has 1 saturated carbocycles. The number of methoxy groups -OCH3 is 1. The van der Waals surface area contributed by atoms with E-state index in [-0.39, 0.29) is 17.9 Å². The van der Waals surface area contributed by atoms with Crippen LogP contribution in [0.15, 0.2) is 18.2 Å². The number of rotatable bonds is 5. The lowest BCUT2D eigenvalue weighted by Crippen LogP contribution is -2.51. The van der Waals surface area contributed by atoms with Crippen molar-refractivity contribution in [2.45, 2.75) is 57.6 Å². The lowest BCUT2D eigenvalue weighted by Gasteiger charge is -2.38. The topological polar surface area (TPSA) is 62.3 Å². The lowest BCUT2D eigenvalue weighted by molar-refractivity contribution is -0.130. The molecule has 4 rings (SSSR count). The Labute approximate surface area is 185 Å². The van der Waals surface area contributed by atoms with Gasteiger partial charge >= 0.3 is 0 Å². The Balaban J connectivity index is 1.34. The molecule has 7 nitrogen and oxygen atoms in total. The number of piperidine rings is 1. The van der Waals surface area contributed by atoms with Gasteiger partial charge in [-0.05, 0) is 31.0 Å².